The highest BCUT2D eigenvalue weighted by atomic mass is 127. The minimum Gasteiger partial charge on any atom is -0.496 e. The summed E-state index contributed by atoms with van der Waals surface area (Å²) in [5, 5.41) is 15.4. The Kier molecular flexibility index (Phi) is 10.7. The molecule has 0 radical (unpaired) electrons. The number of benzene rings is 1. The van der Waals surface area contributed by atoms with Crippen LogP contribution in [-0.2, 0) is 20.0 Å². The zero-order valence-corrected chi connectivity index (χ0v) is 22.3. The van der Waals surface area contributed by atoms with E-state index in [2.05, 4.69) is 51.7 Å². The Balaban J connectivity index is 0.00000363. The minimum absolute atomic E-state index is 0. The predicted octanol–water partition coefficient (Wildman–Crippen LogP) is 2.82. The summed E-state index contributed by atoms with van der Waals surface area (Å²) in [6.45, 7) is 10.7. The smallest absolute Gasteiger partial charge is 0.191 e. The van der Waals surface area contributed by atoms with Crippen molar-refractivity contribution in [1.29, 1.82) is 0 Å². The van der Waals surface area contributed by atoms with Gasteiger partial charge in [-0.2, -0.15) is 0 Å². The molecule has 0 saturated carbocycles. The lowest BCUT2D eigenvalue weighted by molar-refractivity contribution is 0.267. The van der Waals surface area contributed by atoms with E-state index in [9.17, 15) is 0 Å². The highest BCUT2D eigenvalue weighted by Crippen LogP contribution is 2.20. The summed E-state index contributed by atoms with van der Waals surface area (Å²) < 4.78 is 7.50. The summed E-state index contributed by atoms with van der Waals surface area (Å²) in [6, 6.07) is 6.86. The number of rotatable bonds is 9. The number of hydrogen-bond acceptors (Lipinski definition) is 5. The van der Waals surface area contributed by atoms with Crippen molar-refractivity contribution < 1.29 is 4.74 Å². The molecule has 1 aliphatic rings. The zero-order valence-electron chi connectivity index (χ0n) is 20.0. The lowest BCUT2D eigenvalue weighted by Crippen LogP contribution is -2.45. The number of guanidine groups is 1. The van der Waals surface area contributed by atoms with Gasteiger partial charge in [0.1, 0.15) is 18.1 Å². The number of aromatic nitrogens is 3. The van der Waals surface area contributed by atoms with Crippen LogP contribution in [0.2, 0.25) is 0 Å². The predicted molar refractivity (Wildman–Crippen MR) is 140 cm³/mol. The van der Waals surface area contributed by atoms with Gasteiger partial charge in [0.25, 0.3) is 0 Å². The van der Waals surface area contributed by atoms with Gasteiger partial charge in [-0.3, -0.25) is 4.90 Å². The van der Waals surface area contributed by atoms with E-state index in [4.69, 9.17) is 9.73 Å². The molecule has 9 heteroatoms. The second kappa shape index (κ2) is 13.0. The second-order valence-corrected chi connectivity index (χ2v) is 8.18. The van der Waals surface area contributed by atoms with E-state index in [1.54, 1.807) is 7.11 Å². The lowest BCUT2D eigenvalue weighted by atomic mass is 10.1. The van der Waals surface area contributed by atoms with Crippen LogP contribution >= 0.6 is 24.0 Å². The summed E-state index contributed by atoms with van der Waals surface area (Å²) in [4.78, 5) is 7.33. The van der Waals surface area contributed by atoms with Crippen LogP contribution in [-0.4, -0.2) is 65.0 Å². The Morgan fingerprint density at radius 3 is 2.75 bits per heavy atom. The molecule has 8 nitrogen and oxygen atoms in total. The first kappa shape index (κ1) is 26.4. The van der Waals surface area contributed by atoms with Crippen LogP contribution in [0.5, 0.6) is 5.75 Å². The van der Waals surface area contributed by atoms with Gasteiger partial charge >= 0.3 is 0 Å². The molecule has 1 aromatic carbocycles. The number of halogens is 1. The summed E-state index contributed by atoms with van der Waals surface area (Å²) in [7, 11) is 3.70. The standard InChI is InChI=1S/C23H37N7O.HI/c1-6-30-13-7-8-20(30)15-25-23(26-16-22-28-27-18(3)29(22)4)24-12-11-19-14-17(2)9-10-21(19)31-5;/h9-10,14,20H,6-8,11-13,15-16H2,1-5H3,(H2,24,25,26);1H. The van der Waals surface area contributed by atoms with E-state index < -0.39 is 0 Å². The van der Waals surface area contributed by atoms with Crippen molar-refractivity contribution in [2.75, 3.05) is 33.3 Å². The fourth-order valence-corrected chi connectivity index (χ4v) is 4.09. The van der Waals surface area contributed by atoms with Crippen LogP contribution in [0.25, 0.3) is 0 Å². The molecule has 2 heterocycles. The Morgan fingerprint density at radius 2 is 2.06 bits per heavy atom. The number of aryl methyl sites for hydroxylation is 2. The maximum atomic E-state index is 5.52. The van der Waals surface area contributed by atoms with Crippen molar-refractivity contribution in [3.63, 3.8) is 0 Å². The van der Waals surface area contributed by atoms with Crippen molar-refractivity contribution in [1.82, 2.24) is 30.3 Å². The van der Waals surface area contributed by atoms with E-state index in [1.807, 2.05) is 24.6 Å². The number of hydrogen-bond donors (Lipinski definition) is 2. The average Bonchev–Trinajstić information content (AvgIpc) is 3.36. The first-order chi connectivity index (χ1) is 15.0. The highest BCUT2D eigenvalue weighted by molar-refractivity contribution is 14.0. The molecule has 1 fully saturated rings. The molecule has 0 bridgehead atoms. The van der Waals surface area contributed by atoms with Gasteiger partial charge in [-0.05, 0) is 57.8 Å². The maximum absolute atomic E-state index is 5.52. The van der Waals surface area contributed by atoms with Crippen molar-refractivity contribution in [3.8, 4) is 5.75 Å². The Labute approximate surface area is 209 Å². The molecule has 1 atom stereocenters. The molecule has 0 aliphatic carbocycles. The van der Waals surface area contributed by atoms with Crippen LogP contribution < -0.4 is 15.4 Å². The number of likely N-dealkylation sites (N-methyl/N-ethyl adjacent to an activating group) is 1. The van der Waals surface area contributed by atoms with Crippen LogP contribution in [0, 0.1) is 13.8 Å². The van der Waals surface area contributed by atoms with Gasteiger partial charge in [0, 0.05) is 26.2 Å². The van der Waals surface area contributed by atoms with E-state index in [1.165, 1.54) is 30.5 Å². The summed E-state index contributed by atoms with van der Waals surface area (Å²) in [5.74, 6) is 3.49. The van der Waals surface area contributed by atoms with Crippen LogP contribution in [0.3, 0.4) is 0 Å². The van der Waals surface area contributed by atoms with E-state index in [0.717, 1.165) is 49.4 Å². The molecule has 2 aromatic rings. The number of aliphatic imine (C=N–C) groups is 1. The molecule has 0 spiro atoms. The molecule has 178 valence electrons. The number of nitrogens with zero attached hydrogens (tertiary/aromatic N) is 5. The highest BCUT2D eigenvalue weighted by Gasteiger charge is 2.22. The molecule has 1 aromatic heterocycles. The van der Waals surface area contributed by atoms with Crippen molar-refractivity contribution in [2.24, 2.45) is 12.0 Å². The summed E-state index contributed by atoms with van der Waals surface area (Å²) >= 11 is 0. The third-order valence-corrected chi connectivity index (χ3v) is 6.09. The molecule has 32 heavy (non-hydrogen) atoms. The Hall–Kier alpha value is -1.88. The van der Waals surface area contributed by atoms with Gasteiger partial charge in [0.15, 0.2) is 11.8 Å². The molecule has 1 unspecified atom stereocenters. The quantitative estimate of drug-likeness (QED) is 0.282. The summed E-state index contributed by atoms with van der Waals surface area (Å²) in [6.07, 6.45) is 3.36. The first-order valence-electron chi connectivity index (χ1n) is 11.3. The number of ether oxygens (including phenoxy) is 1. The molecule has 0 amide bonds. The Morgan fingerprint density at radius 1 is 1.25 bits per heavy atom. The van der Waals surface area contributed by atoms with Gasteiger partial charge in [-0.1, -0.05) is 24.6 Å². The first-order valence-corrected chi connectivity index (χ1v) is 11.3. The molecule has 1 saturated heterocycles. The number of likely N-dealkylation sites (tertiary alicyclic amines) is 1. The molecule has 3 rings (SSSR count). The third-order valence-electron chi connectivity index (χ3n) is 6.09. The van der Waals surface area contributed by atoms with Crippen LogP contribution in [0.1, 0.15) is 42.5 Å². The lowest BCUT2D eigenvalue weighted by Gasteiger charge is -2.24. The van der Waals surface area contributed by atoms with Crippen LogP contribution in [0.15, 0.2) is 23.2 Å². The van der Waals surface area contributed by atoms with Crippen molar-refractivity contribution in [2.45, 2.75) is 52.6 Å². The second-order valence-electron chi connectivity index (χ2n) is 8.18. The van der Waals surface area contributed by atoms with Gasteiger partial charge in [-0.25, -0.2) is 4.99 Å². The van der Waals surface area contributed by atoms with Gasteiger partial charge in [0.05, 0.1) is 7.11 Å². The molecule has 2 N–H and O–H groups in total. The maximum Gasteiger partial charge on any atom is 0.191 e. The Bertz CT molecular complexity index is 883. The van der Waals surface area contributed by atoms with Gasteiger partial charge < -0.3 is 19.9 Å². The average molecular weight is 556 g/mol. The fourth-order valence-electron chi connectivity index (χ4n) is 4.09. The number of nitrogens with one attached hydrogen (secondary N) is 2. The minimum atomic E-state index is 0. The molecule has 1 aliphatic heterocycles. The number of methoxy groups -OCH3 is 1. The monoisotopic (exact) mass is 555 g/mol. The normalized spacial score (nSPS) is 16.7. The van der Waals surface area contributed by atoms with Gasteiger partial charge in [0.2, 0.25) is 0 Å². The van der Waals surface area contributed by atoms with Crippen molar-refractivity contribution in [3.05, 3.63) is 41.0 Å². The van der Waals surface area contributed by atoms with Gasteiger partial charge in [-0.15, -0.1) is 34.2 Å². The summed E-state index contributed by atoms with van der Waals surface area (Å²) in [5.41, 5.74) is 2.44. The topological polar surface area (TPSA) is 79.6 Å². The fraction of sp³-hybridized carbons (Fsp3) is 0.609. The SMILES string of the molecule is CCN1CCCC1CNC(=NCc1nnc(C)n1C)NCCc1cc(C)ccc1OC.I. The van der Waals surface area contributed by atoms with Crippen LogP contribution in [0.4, 0.5) is 0 Å². The zero-order chi connectivity index (χ0) is 22.2. The molecular weight excluding hydrogens is 517 g/mol. The van der Waals surface area contributed by atoms with E-state index in [-0.39, 0.29) is 24.0 Å². The third kappa shape index (κ3) is 7.06. The van der Waals surface area contributed by atoms with E-state index in [0.29, 0.717) is 12.6 Å². The molecular formula is C23H38IN7O. The van der Waals surface area contributed by atoms with Crippen molar-refractivity contribution >= 4 is 29.9 Å². The van der Waals surface area contributed by atoms with E-state index >= 15 is 0 Å². The largest absolute Gasteiger partial charge is 0.496 e.